The molecule has 3 amide bonds. The maximum Gasteiger partial charge on any atom is 0.269 e. The standard InChI is InChI=1S/C20H20BrN7O3/c21-15-8-23-9-16(25-15)26-20(31)13(7-11-5-6-11)24-17(29)10-28-14-4-2-1-3-12(14)18(27-28)19(22)30/h1-4,8-9,11,13H,5-7,10H2,(H2,22,30)(H,24,29)(H,25,26,31)/t13-/m0/s1. The van der Waals surface area contributed by atoms with Gasteiger partial charge in [0.05, 0.1) is 17.9 Å². The third kappa shape index (κ3) is 5.05. The zero-order valence-corrected chi connectivity index (χ0v) is 18.0. The van der Waals surface area contributed by atoms with Crippen LogP contribution in [-0.4, -0.2) is 43.5 Å². The van der Waals surface area contributed by atoms with Crippen LogP contribution in [-0.2, 0) is 16.1 Å². The zero-order valence-electron chi connectivity index (χ0n) is 16.4. The number of fused-ring (bicyclic) bond motifs is 1. The molecular formula is C20H20BrN7O3. The van der Waals surface area contributed by atoms with E-state index in [4.69, 9.17) is 5.73 Å². The van der Waals surface area contributed by atoms with Crippen LogP contribution in [0.1, 0.15) is 29.8 Å². The number of carbonyl (C=O) groups is 3. The Morgan fingerprint density at radius 1 is 1.23 bits per heavy atom. The van der Waals surface area contributed by atoms with Crippen molar-refractivity contribution < 1.29 is 14.4 Å². The molecular weight excluding hydrogens is 466 g/mol. The van der Waals surface area contributed by atoms with E-state index in [0.717, 1.165) is 12.8 Å². The number of primary amides is 1. The molecule has 0 radical (unpaired) electrons. The molecule has 0 saturated heterocycles. The predicted octanol–water partition coefficient (Wildman–Crippen LogP) is 1.61. The molecule has 4 N–H and O–H groups in total. The molecule has 4 rings (SSSR count). The van der Waals surface area contributed by atoms with Gasteiger partial charge < -0.3 is 16.4 Å². The monoisotopic (exact) mass is 485 g/mol. The average molecular weight is 486 g/mol. The lowest BCUT2D eigenvalue weighted by atomic mass is 10.1. The quantitative estimate of drug-likeness (QED) is 0.441. The first-order valence-corrected chi connectivity index (χ1v) is 10.5. The summed E-state index contributed by atoms with van der Waals surface area (Å²) in [6.07, 6.45) is 5.53. The van der Waals surface area contributed by atoms with Crippen molar-refractivity contribution in [2.75, 3.05) is 5.32 Å². The molecule has 0 unspecified atom stereocenters. The summed E-state index contributed by atoms with van der Waals surface area (Å²) in [5.74, 6) is -0.743. The van der Waals surface area contributed by atoms with E-state index in [1.54, 1.807) is 24.3 Å². The Bertz CT molecular complexity index is 1160. The second-order valence-corrected chi connectivity index (χ2v) is 8.22. The minimum absolute atomic E-state index is 0.101. The summed E-state index contributed by atoms with van der Waals surface area (Å²) in [4.78, 5) is 45.3. The average Bonchev–Trinajstić information content (AvgIpc) is 3.47. The highest BCUT2D eigenvalue weighted by molar-refractivity contribution is 9.10. The lowest BCUT2D eigenvalue weighted by Gasteiger charge is -2.18. The Balaban J connectivity index is 1.49. The van der Waals surface area contributed by atoms with Crippen molar-refractivity contribution in [2.24, 2.45) is 11.7 Å². The highest BCUT2D eigenvalue weighted by atomic mass is 79.9. The number of hydrogen-bond acceptors (Lipinski definition) is 6. The van der Waals surface area contributed by atoms with Gasteiger partial charge in [0.25, 0.3) is 5.91 Å². The van der Waals surface area contributed by atoms with Gasteiger partial charge >= 0.3 is 0 Å². The van der Waals surface area contributed by atoms with Gasteiger partial charge in [0.15, 0.2) is 11.5 Å². The van der Waals surface area contributed by atoms with Crippen LogP contribution in [0, 0.1) is 5.92 Å². The van der Waals surface area contributed by atoms with E-state index in [9.17, 15) is 14.4 Å². The van der Waals surface area contributed by atoms with Crippen LogP contribution in [0.15, 0.2) is 41.3 Å². The number of nitrogens with two attached hydrogens (primary N) is 1. The predicted molar refractivity (Wildman–Crippen MR) is 116 cm³/mol. The normalized spacial score (nSPS) is 14.2. The topological polar surface area (TPSA) is 145 Å². The van der Waals surface area contributed by atoms with Crippen LogP contribution in [0.3, 0.4) is 0 Å². The van der Waals surface area contributed by atoms with Crippen LogP contribution in [0.25, 0.3) is 10.9 Å². The molecule has 1 aliphatic rings. The van der Waals surface area contributed by atoms with E-state index < -0.39 is 17.9 Å². The van der Waals surface area contributed by atoms with Gasteiger partial charge in [-0.25, -0.2) is 4.98 Å². The number of anilines is 1. The van der Waals surface area contributed by atoms with Gasteiger partial charge in [0, 0.05) is 5.39 Å². The molecule has 31 heavy (non-hydrogen) atoms. The van der Waals surface area contributed by atoms with Gasteiger partial charge in [0.2, 0.25) is 11.8 Å². The fraction of sp³-hybridized carbons (Fsp3) is 0.300. The Kier molecular flexibility index (Phi) is 5.94. The van der Waals surface area contributed by atoms with E-state index in [-0.39, 0.29) is 18.1 Å². The van der Waals surface area contributed by atoms with Gasteiger partial charge in [0.1, 0.15) is 17.2 Å². The van der Waals surface area contributed by atoms with Crippen molar-refractivity contribution in [3.63, 3.8) is 0 Å². The van der Waals surface area contributed by atoms with Crippen LogP contribution in [0.5, 0.6) is 0 Å². The number of halogens is 1. The minimum Gasteiger partial charge on any atom is -0.364 e. The van der Waals surface area contributed by atoms with Crippen molar-refractivity contribution in [2.45, 2.75) is 31.8 Å². The molecule has 10 nitrogen and oxygen atoms in total. The number of amides is 3. The largest absolute Gasteiger partial charge is 0.364 e. The van der Waals surface area contributed by atoms with Crippen molar-refractivity contribution in [1.82, 2.24) is 25.1 Å². The third-order valence-corrected chi connectivity index (χ3v) is 5.34. The van der Waals surface area contributed by atoms with E-state index in [1.165, 1.54) is 17.1 Å². The number of hydrogen-bond donors (Lipinski definition) is 3. The molecule has 1 aromatic carbocycles. The van der Waals surface area contributed by atoms with Crippen LogP contribution < -0.4 is 16.4 Å². The molecule has 0 spiro atoms. The Morgan fingerprint density at radius 2 is 2.00 bits per heavy atom. The molecule has 1 aliphatic carbocycles. The second-order valence-electron chi connectivity index (χ2n) is 7.40. The van der Waals surface area contributed by atoms with Crippen LogP contribution >= 0.6 is 15.9 Å². The molecule has 1 fully saturated rings. The van der Waals surface area contributed by atoms with Crippen molar-refractivity contribution in [3.8, 4) is 0 Å². The molecule has 0 aliphatic heterocycles. The number of nitrogens with zero attached hydrogens (tertiary/aromatic N) is 4. The summed E-state index contributed by atoms with van der Waals surface area (Å²) in [7, 11) is 0. The molecule has 3 aromatic rings. The second kappa shape index (κ2) is 8.80. The number of para-hydroxylation sites is 1. The highest BCUT2D eigenvalue weighted by Crippen LogP contribution is 2.33. The lowest BCUT2D eigenvalue weighted by molar-refractivity contribution is -0.127. The molecule has 0 bridgehead atoms. The summed E-state index contributed by atoms with van der Waals surface area (Å²) in [6, 6.07) is 6.30. The number of rotatable bonds is 8. The summed E-state index contributed by atoms with van der Waals surface area (Å²) in [6.45, 7) is -0.154. The molecule has 1 saturated carbocycles. The molecule has 2 aromatic heterocycles. The van der Waals surface area contributed by atoms with E-state index >= 15 is 0 Å². The van der Waals surface area contributed by atoms with Crippen molar-refractivity contribution in [3.05, 3.63) is 47.0 Å². The fourth-order valence-electron chi connectivity index (χ4n) is 3.34. The zero-order chi connectivity index (χ0) is 22.0. The van der Waals surface area contributed by atoms with Crippen molar-refractivity contribution >= 4 is 50.4 Å². The number of carbonyl (C=O) groups excluding carboxylic acids is 3. The van der Waals surface area contributed by atoms with Gasteiger partial charge in [-0.3, -0.25) is 24.0 Å². The SMILES string of the molecule is NC(=O)c1nn(CC(=O)N[C@@H](CC2CC2)C(=O)Nc2cncc(Br)n2)c2ccccc12. The molecule has 160 valence electrons. The van der Waals surface area contributed by atoms with E-state index in [1.807, 2.05) is 0 Å². The Morgan fingerprint density at radius 3 is 2.71 bits per heavy atom. The van der Waals surface area contributed by atoms with Gasteiger partial charge in [-0.2, -0.15) is 5.10 Å². The van der Waals surface area contributed by atoms with Crippen LogP contribution in [0.2, 0.25) is 0 Å². The van der Waals surface area contributed by atoms with Gasteiger partial charge in [-0.05, 0) is 34.3 Å². The smallest absolute Gasteiger partial charge is 0.269 e. The summed E-state index contributed by atoms with van der Waals surface area (Å²) >= 11 is 3.21. The number of aromatic nitrogens is 4. The van der Waals surface area contributed by atoms with E-state index in [2.05, 4.69) is 41.6 Å². The van der Waals surface area contributed by atoms with Crippen molar-refractivity contribution in [1.29, 1.82) is 0 Å². The third-order valence-electron chi connectivity index (χ3n) is 4.96. The highest BCUT2D eigenvalue weighted by Gasteiger charge is 2.31. The summed E-state index contributed by atoms with van der Waals surface area (Å²) < 4.78 is 1.90. The van der Waals surface area contributed by atoms with E-state index in [0.29, 0.717) is 33.7 Å². The first kappa shape index (κ1) is 20.9. The maximum absolute atomic E-state index is 12.8. The fourth-order valence-corrected chi connectivity index (χ4v) is 3.65. The van der Waals surface area contributed by atoms with Gasteiger partial charge in [-0.15, -0.1) is 0 Å². The van der Waals surface area contributed by atoms with Gasteiger partial charge in [-0.1, -0.05) is 31.0 Å². The lowest BCUT2D eigenvalue weighted by Crippen LogP contribution is -2.45. The molecule has 1 atom stereocenters. The first-order valence-electron chi connectivity index (χ1n) is 9.74. The first-order chi connectivity index (χ1) is 14.9. The number of benzene rings is 1. The van der Waals surface area contributed by atoms with Crippen LogP contribution in [0.4, 0.5) is 5.82 Å². The Hall–Kier alpha value is -3.34. The minimum atomic E-state index is -0.724. The summed E-state index contributed by atoms with van der Waals surface area (Å²) in [5, 5.41) is 10.2. The molecule has 11 heteroatoms. The molecule has 2 heterocycles. The Labute approximate surface area is 185 Å². The number of nitrogens with one attached hydrogen (secondary N) is 2. The summed E-state index contributed by atoms with van der Waals surface area (Å²) in [5.41, 5.74) is 6.12. The maximum atomic E-state index is 12.8.